The molecular weight excluding hydrogens is 311 g/mol. The Balaban J connectivity index is 1.81. The molecule has 5 nitrogen and oxygen atoms in total. The summed E-state index contributed by atoms with van der Waals surface area (Å²) in [6.45, 7) is 3.09. The number of fused-ring (bicyclic) bond motifs is 1. The number of rotatable bonds is 3. The van der Waals surface area contributed by atoms with Crippen LogP contribution in [0.1, 0.15) is 12.5 Å². The fourth-order valence-electron chi connectivity index (χ4n) is 2.63. The minimum atomic E-state index is -0.668. The molecule has 1 N–H and O–H groups in total. The van der Waals surface area contributed by atoms with Gasteiger partial charge in [0.05, 0.1) is 11.4 Å². The van der Waals surface area contributed by atoms with Gasteiger partial charge in [-0.25, -0.2) is 4.39 Å². The molecule has 0 radical (unpaired) electrons. The Morgan fingerprint density at radius 3 is 2.83 bits per heavy atom. The van der Waals surface area contributed by atoms with Gasteiger partial charge in [0, 0.05) is 0 Å². The molecule has 1 atom stereocenters. The van der Waals surface area contributed by atoms with Crippen LogP contribution in [0.25, 0.3) is 0 Å². The van der Waals surface area contributed by atoms with E-state index in [1.165, 1.54) is 17.0 Å². The first-order valence-corrected chi connectivity index (χ1v) is 7.58. The van der Waals surface area contributed by atoms with E-state index in [4.69, 9.17) is 4.74 Å². The van der Waals surface area contributed by atoms with E-state index in [0.717, 1.165) is 5.56 Å². The topological polar surface area (TPSA) is 58.6 Å². The number of nitrogens with one attached hydrogen (secondary N) is 1. The van der Waals surface area contributed by atoms with E-state index in [0.29, 0.717) is 11.4 Å². The van der Waals surface area contributed by atoms with E-state index in [1.807, 2.05) is 0 Å². The van der Waals surface area contributed by atoms with Gasteiger partial charge in [-0.2, -0.15) is 0 Å². The molecule has 0 saturated heterocycles. The zero-order chi connectivity index (χ0) is 17.3. The summed E-state index contributed by atoms with van der Waals surface area (Å²) in [5.41, 5.74) is 1.99. The van der Waals surface area contributed by atoms with Crippen LogP contribution in [0.5, 0.6) is 5.75 Å². The summed E-state index contributed by atoms with van der Waals surface area (Å²) >= 11 is 0. The van der Waals surface area contributed by atoms with Crippen molar-refractivity contribution in [3.05, 3.63) is 53.8 Å². The summed E-state index contributed by atoms with van der Waals surface area (Å²) in [6.07, 6.45) is 0. The second kappa shape index (κ2) is 6.31. The van der Waals surface area contributed by atoms with Crippen LogP contribution in [0.4, 0.5) is 15.8 Å². The standard InChI is InChI=1S/C18H17FN2O3/c1-11-7-8-13(19)16(9-11)24-10-17(22)21-12(2)18(23)20-14-5-3-4-6-15(14)21/h3-9,12H,10H2,1-2H3,(H,20,23). The third-order valence-electron chi connectivity index (χ3n) is 3.89. The molecule has 3 rings (SSSR count). The highest BCUT2D eigenvalue weighted by Crippen LogP contribution is 2.31. The lowest BCUT2D eigenvalue weighted by molar-refractivity contribution is -0.124. The average molecular weight is 328 g/mol. The Morgan fingerprint density at radius 2 is 2.04 bits per heavy atom. The van der Waals surface area contributed by atoms with Crippen LogP contribution >= 0.6 is 0 Å². The minimum absolute atomic E-state index is 0.0192. The van der Waals surface area contributed by atoms with Gasteiger partial charge in [-0.3, -0.25) is 14.5 Å². The van der Waals surface area contributed by atoms with Crippen molar-refractivity contribution in [2.45, 2.75) is 19.9 Å². The molecule has 2 aromatic carbocycles. The lowest BCUT2D eigenvalue weighted by Gasteiger charge is -2.34. The third kappa shape index (κ3) is 2.95. The molecule has 6 heteroatoms. The number of carbonyl (C=O) groups is 2. The summed E-state index contributed by atoms with van der Waals surface area (Å²) in [7, 11) is 0. The summed E-state index contributed by atoms with van der Waals surface area (Å²) in [5.74, 6) is -1.20. The molecular formula is C18H17FN2O3. The first kappa shape index (κ1) is 16.0. The molecule has 1 aliphatic heterocycles. The molecule has 2 amide bonds. The van der Waals surface area contributed by atoms with Gasteiger partial charge < -0.3 is 10.1 Å². The first-order valence-electron chi connectivity index (χ1n) is 7.58. The van der Waals surface area contributed by atoms with Crippen molar-refractivity contribution in [3.63, 3.8) is 0 Å². The highest BCUT2D eigenvalue weighted by Gasteiger charge is 2.33. The van der Waals surface area contributed by atoms with Gasteiger partial charge in [-0.15, -0.1) is 0 Å². The number of hydrogen-bond acceptors (Lipinski definition) is 3. The van der Waals surface area contributed by atoms with Crippen molar-refractivity contribution in [3.8, 4) is 5.75 Å². The number of carbonyl (C=O) groups excluding carboxylic acids is 2. The first-order chi connectivity index (χ1) is 11.5. The van der Waals surface area contributed by atoms with Crippen LogP contribution < -0.4 is 15.0 Å². The normalized spacial score (nSPS) is 16.4. The van der Waals surface area contributed by atoms with Gasteiger partial charge in [-0.1, -0.05) is 18.2 Å². The lowest BCUT2D eigenvalue weighted by atomic mass is 10.1. The molecule has 1 unspecified atom stereocenters. The van der Waals surface area contributed by atoms with Gasteiger partial charge >= 0.3 is 0 Å². The summed E-state index contributed by atoms with van der Waals surface area (Å²) in [4.78, 5) is 26.0. The molecule has 124 valence electrons. The van der Waals surface area contributed by atoms with Crippen molar-refractivity contribution in [1.29, 1.82) is 0 Å². The number of amides is 2. The highest BCUT2D eigenvalue weighted by molar-refractivity contribution is 6.12. The molecule has 0 fully saturated rings. The van der Waals surface area contributed by atoms with E-state index in [9.17, 15) is 14.0 Å². The van der Waals surface area contributed by atoms with E-state index >= 15 is 0 Å². The highest BCUT2D eigenvalue weighted by atomic mass is 19.1. The van der Waals surface area contributed by atoms with Gasteiger partial charge in [-0.05, 0) is 43.7 Å². The predicted molar refractivity (Wildman–Crippen MR) is 88.7 cm³/mol. The monoisotopic (exact) mass is 328 g/mol. The zero-order valence-electron chi connectivity index (χ0n) is 13.4. The summed E-state index contributed by atoms with van der Waals surface area (Å²) in [5, 5.41) is 2.75. The van der Waals surface area contributed by atoms with E-state index in [1.54, 1.807) is 44.2 Å². The molecule has 0 aromatic heterocycles. The fraction of sp³-hybridized carbons (Fsp3) is 0.222. The number of para-hydroxylation sites is 2. The number of ether oxygens (including phenoxy) is 1. The number of hydrogen-bond donors (Lipinski definition) is 1. The van der Waals surface area contributed by atoms with Crippen LogP contribution in [-0.2, 0) is 9.59 Å². The van der Waals surface area contributed by atoms with Crippen LogP contribution in [-0.4, -0.2) is 24.5 Å². The predicted octanol–water partition coefficient (Wildman–Crippen LogP) is 2.89. The van der Waals surface area contributed by atoms with Crippen LogP contribution in [0.15, 0.2) is 42.5 Å². The van der Waals surface area contributed by atoms with Gasteiger partial charge in [0.25, 0.3) is 5.91 Å². The molecule has 24 heavy (non-hydrogen) atoms. The van der Waals surface area contributed by atoms with Crippen molar-refractivity contribution >= 4 is 23.2 Å². The summed E-state index contributed by atoms with van der Waals surface area (Å²) < 4.78 is 19.1. The lowest BCUT2D eigenvalue weighted by Crippen LogP contribution is -2.50. The SMILES string of the molecule is Cc1ccc(F)c(OCC(=O)N2c3ccccc3NC(=O)C2C)c1. The second-order valence-corrected chi connectivity index (χ2v) is 5.67. The Morgan fingerprint density at radius 1 is 1.29 bits per heavy atom. The third-order valence-corrected chi connectivity index (χ3v) is 3.89. The van der Waals surface area contributed by atoms with Gasteiger partial charge in [0.15, 0.2) is 18.2 Å². The summed E-state index contributed by atoms with van der Waals surface area (Å²) in [6, 6.07) is 10.8. The molecule has 0 saturated carbocycles. The van der Waals surface area contributed by atoms with E-state index < -0.39 is 17.8 Å². The van der Waals surface area contributed by atoms with Gasteiger partial charge in [0.2, 0.25) is 5.91 Å². The Hall–Kier alpha value is -2.89. The fourth-order valence-corrected chi connectivity index (χ4v) is 2.63. The molecule has 0 bridgehead atoms. The number of anilines is 2. The van der Waals surface area contributed by atoms with Crippen molar-refractivity contribution < 1.29 is 18.7 Å². The number of benzene rings is 2. The second-order valence-electron chi connectivity index (χ2n) is 5.67. The largest absolute Gasteiger partial charge is 0.481 e. The Kier molecular flexibility index (Phi) is 4.20. The maximum absolute atomic E-state index is 13.7. The minimum Gasteiger partial charge on any atom is -0.481 e. The van der Waals surface area contributed by atoms with E-state index in [-0.39, 0.29) is 18.3 Å². The molecule has 2 aromatic rings. The average Bonchev–Trinajstić information content (AvgIpc) is 2.56. The Bertz CT molecular complexity index is 807. The molecule has 1 aliphatic rings. The van der Waals surface area contributed by atoms with Crippen LogP contribution in [0, 0.1) is 12.7 Å². The van der Waals surface area contributed by atoms with Crippen molar-refractivity contribution in [1.82, 2.24) is 0 Å². The quantitative estimate of drug-likeness (QED) is 0.942. The van der Waals surface area contributed by atoms with E-state index in [2.05, 4.69) is 5.32 Å². The van der Waals surface area contributed by atoms with Crippen molar-refractivity contribution in [2.24, 2.45) is 0 Å². The van der Waals surface area contributed by atoms with Crippen LogP contribution in [0.3, 0.4) is 0 Å². The van der Waals surface area contributed by atoms with Crippen LogP contribution in [0.2, 0.25) is 0 Å². The van der Waals surface area contributed by atoms with Gasteiger partial charge in [0.1, 0.15) is 6.04 Å². The number of nitrogens with zero attached hydrogens (tertiary/aromatic N) is 1. The Labute approximate surface area is 139 Å². The number of aryl methyl sites for hydroxylation is 1. The smallest absolute Gasteiger partial charge is 0.265 e. The molecule has 0 aliphatic carbocycles. The molecule has 0 spiro atoms. The molecule has 1 heterocycles. The van der Waals surface area contributed by atoms with Crippen molar-refractivity contribution in [2.75, 3.05) is 16.8 Å². The zero-order valence-corrected chi connectivity index (χ0v) is 13.4. The maximum atomic E-state index is 13.7. The number of halogens is 1. The maximum Gasteiger partial charge on any atom is 0.265 e.